The number of aromatic nitrogens is 2. The summed E-state index contributed by atoms with van der Waals surface area (Å²) in [6.07, 6.45) is 1.32. The third-order valence-corrected chi connectivity index (χ3v) is 2.95. The lowest BCUT2D eigenvalue weighted by molar-refractivity contribution is 0.1000. The van der Waals surface area contributed by atoms with E-state index in [2.05, 4.69) is 9.97 Å². The van der Waals surface area contributed by atoms with Crippen LogP contribution in [0.4, 0.5) is 10.2 Å². The third-order valence-electron chi connectivity index (χ3n) is 2.95. The van der Waals surface area contributed by atoms with E-state index >= 15 is 0 Å². The van der Waals surface area contributed by atoms with Gasteiger partial charge in [0.2, 0.25) is 11.9 Å². The molecule has 0 radical (unpaired) electrons. The lowest BCUT2D eigenvalue weighted by Crippen LogP contribution is -2.23. The van der Waals surface area contributed by atoms with Gasteiger partial charge in [-0.2, -0.15) is 4.39 Å². The van der Waals surface area contributed by atoms with Crippen LogP contribution < -0.4 is 10.6 Å². The topological polar surface area (TPSA) is 92.3 Å². The average molecular weight is 290 g/mol. The Labute approximate surface area is 121 Å². The zero-order valence-corrected chi connectivity index (χ0v) is 11.5. The van der Waals surface area contributed by atoms with E-state index in [0.29, 0.717) is 23.6 Å². The summed E-state index contributed by atoms with van der Waals surface area (Å²) in [4.78, 5) is 20.9. The van der Waals surface area contributed by atoms with E-state index in [0.717, 1.165) is 0 Å². The molecule has 0 saturated heterocycles. The number of likely N-dealkylation sites (N-methyl/N-ethyl adjacent to an activating group) is 1. The number of hydrogen-bond acceptors (Lipinski definition) is 5. The van der Waals surface area contributed by atoms with Crippen LogP contribution in [-0.4, -0.2) is 41.2 Å². The molecule has 0 bridgehead atoms. The Balaban J connectivity index is 2.52. The SMILES string of the molecule is CN(CCO)c1cc(C(N)=O)cc(-c2ccnc(F)c2)n1. The van der Waals surface area contributed by atoms with E-state index in [1.165, 1.54) is 24.4 Å². The Morgan fingerprint density at radius 1 is 1.43 bits per heavy atom. The number of nitrogens with two attached hydrogens (primary N) is 1. The van der Waals surface area contributed by atoms with Crippen LogP contribution in [0, 0.1) is 5.95 Å². The van der Waals surface area contributed by atoms with Gasteiger partial charge in [0.15, 0.2) is 0 Å². The Kier molecular flexibility index (Phi) is 4.44. The van der Waals surface area contributed by atoms with Crippen LogP contribution in [0.3, 0.4) is 0 Å². The quantitative estimate of drug-likeness (QED) is 0.795. The van der Waals surface area contributed by atoms with E-state index in [9.17, 15) is 9.18 Å². The van der Waals surface area contributed by atoms with Gasteiger partial charge in [0.25, 0.3) is 0 Å². The zero-order valence-electron chi connectivity index (χ0n) is 11.5. The molecule has 0 atom stereocenters. The second-order valence-corrected chi connectivity index (χ2v) is 4.48. The average Bonchev–Trinajstić information content (AvgIpc) is 2.47. The third kappa shape index (κ3) is 3.51. The first-order valence-corrected chi connectivity index (χ1v) is 6.27. The van der Waals surface area contributed by atoms with Crippen molar-refractivity contribution >= 4 is 11.7 Å². The second-order valence-electron chi connectivity index (χ2n) is 4.48. The number of aliphatic hydroxyl groups is 1. The molecule has 0 aliphatic rings. The molecule has 2 aromatic heterocycles. The molecule has 1 amide bonds. The van der Waals surface area contributed by atoms with Crippen molar-refractivity contribution in [2.45, 2.75) is 0 Å². The number of carbonyl (C=O) groups excluding carboxylic acids is 1. The summed E-state index contributed by atoms with van der Waals surface area (Å²) in [6.45, 7) is 0.289. The van der Waals surface area contributed by atoms with Crippen LogP contribution in [-0.2, 0) is 0 Å². The zero-order chi connectivity index (χ0) is 15.4. The molecule has 7 heteroatoms. The molecule has 2 rings (SSSR count). The van der Waals surface area contributed by atoms with Crippen molar-refractivity contribution < 1.29 is 14.3 Å². The molecule has 2 aromatic rings. The highest BCUT2D eigenvalue weighted by molar-refractivity contribution is 5.94. The van der Waals surface area contributed by atoms with Crippen LogP contribution in [0.2, 0.25) is 0 Å². The maximum Gasteiger partial charge on any atom is 0.248 e. The van der Waals surface area contributed by atoms with Crippen molar-refractivity contribution in [1.82, 2.24) is 9.97 Å². The van der Waals surface area contributed by atoms with Gasteiger partial charge in [0.05, 0.1) is 12.3 Å². The predicted molar refractivity (Wildman–Crippen MR) is 76.3 cm³/mol. The minimum absolute atomic E-state index is 0.0573. The van der Waals surface area contributed by atoms with Gasteiger partial charge >= 0.3 is 0 Å². The van der Waals surface area contributed by atoms with Crippen LogP contribution >= 0.6 is 0 Å². The fraction of sp³-hybridized carbons (Fsp3) is 0.214. The number of nitrogens with zero attached hydrogens (tertiary/aromatic N) is 3. The van der Waals surface area contributed by atoms with Gasteiger partial charge in [0.1, 0.15) is 5.82 Å². The Morgan fingerprint density at radius 3 is 2.81 bits per heavy atom. The first-order chi connectivity index (χ1) is 10.0. The smallest absolute Gasteiger partial charge is 0.248 e. The highest BCUT2D eigenvalue weighted by Crippen LogP contribution is 2.22. The lowest BCUT2D eigenvalue weighted by atomic mass is 10.1. The number of amides is 1. The van der Waals surface area contributed by atoms with Gasteiger partial charge in [-0.1, -0.05) is 0 Å². The van der Waals surface area contributed by atoms with E-state index in [1.807, 2.05) is 0 Å². The van der Waals surface area contributed by atoms with E-state index < -0.39 is 11.9 Å². The lowest BCUT2D eigenvalue weighted by Gasteiger charge is -2.18. The Morgan fingerprint density at radius 2 is 2.19 bits per heavy atom. The van der Waals surface area contributed by atoms with Crippen molar-refractivity contribution in [2.24, 2.45) is 5.73 Å². The summed E-state index contributed by atoms with van der Waals surface area (Å²) in [5.74, 6) is -0.775. The minimum Gasteiger partial charge on any atom is -0.395 e. The van der Waals surface area contributed by atoms with Gasteiger partial charge in [-0.3, -0.25) is 4.79 Å². The summed E-state index contributed by atoms with van der Waals surface area (Å²) in [7, 11) is 1.72. The van der Waals surface area contributed by atoms with Gasteiger partial charge < -0.3 is 15.7 Å². The summed E-state index contributed by atoms with van der Waals surface area (Å²) < 4.78 is 13.2. The van der Waals surface area contributed by atoms with E-state index in [1.54, 1.807) is 18.0 Å². The standard InChI is InChI=1S/C14H15FN4O2/c1-19(4-5-20)13-8-10(14(16)21)6-11(18-13)9-2-3-17-12(15)7-9/h2-3,6-8,20H,4-5H2,1H3,(H2,16,21). The molecule has 3 N–H and O–H groups in total. The molecular weight excluding hydrogens is 275 g/mol. The largest absolute Gasteiger partial charge is 0.395 e. The van der Waals surface area contributed by atoms with Crippen molar-refractivity contribution in [3.05, 3.63) is 42.0 Å². The number of pyridine rings is 2. The molecule has 110 valence electrons. The summed E-state index contributed by atoms with van der Waals surface area (Å²) in [6, 6.07) is 5.83. The maximum atomic E-state index is 13.2. The molecule has 0 aliphatic carbocycles. The predicted octanol–water partition coefficient (Wildman–Crippen LogP) is 0.810. The van der Waals surface area contributed by atoms with E-state index in [-0.39, 0.29) is 12.2 Å². The van der Waals surface area contributed by atoms with Crippen LogP contribution in [0.15, 0.2) is 30.5 Å². The van der Waals surface area contributed by atoms with Gasteiger partial charge in [-0.15, -0.1) is 0 Å². The molecular formula is C14H15FN4O2. The van der Waals surface area contributed by atoms with E-state index in [4.69, 9.17) is 10.8 Å². The molecule has 2 heterocycles. The molecule has 0 saturated carbocycles. The highest BCUT2D eigenvalue weighted by Gasteiger charge is 2.12. The number of rotatable bonds is 5. The highest BCUT2D eigenvalue weighted by atomic mass is 19.1. The van der Waals surface area contributed by atoms with Gasteiger partial charge in [0, 0.05) is 37.0 Å². The van der Waals surface area contributed by atoms with Crippen molar-refractivity contribution in [3.63, 3.8) is 0 Å². The van der Waals surface area contributed by atoms with Crippen LogP contribution in [0.25, 0.3) is 11.3 Å². The van der Waals surface area contributed by atoms with Crippen molar-refractivity contribution in [1.29, 1.82) is 0 Å². The summed E-state index contributed by atoms with van der Waals surface area (Å²) in [5.41, 5.74) is 6.47. The summed E-state index contributed by atoms with van der Waals surface area (Å²) in [5, 5.41) is 8.98. The first kappa shape index (κ1) is 14.9. The number of primary amides is 1. The number of aliphatic hydroxyl groups excluding tert-OH is 1. The molecule has 6 nitrogen and oxygen atoms in total. The fourth-order valence-corrected chi connectivity index (χ4v) is 1.83. The molecule has 0 aliphatic heterocycles. The maximum absolute atomic E-state index is 13.2. The number of anilines is 1. The number of halogens is 1. The molecule has 21 heavy (non-hydrogen) atoms. The molecule has 0 spiro atoms. The molecule has 0 aromatic carbocycles. The fourth-order valence-electron chi connectivity index (χ4n) is 1.83. The number of carbonyl (C=O) groups is 1. The summed E-state index contributed by atoms with van der Waals surface area (Å²) >= 11 is 0. The molecule has 0 unspecified atom stereocenters. The van der Waals surface area contributed by atoms with Crippen molar-refractivity contribution in [3.8, 4) is 11.3 Å². The molecule has 0 fully saturated rings. The monoisotopic (exact) mass is 290 g/mol. The number of hydrogen-bond donors (Lipinski definition) is 2. The van der Waals surface area contributed by atoms with Crippen molar-refractivity contribution in [2.75, 3.05) is 25.1 Å². The van der Waals surface area contributed by atoms with Gasteiger partial charge in [-0.25, -0.2) is 9.97 Å². The van der Waals surface area contributed by atoms with Crippen LogP contribution in [0.5, 0.6) is 0 Å². The first-order valence-electron chi connectivity index (χ1n) is 6.27. The Bertz CT molecular complexity index is 663. The van der Waals surface area contributed by atoms with Gasteiger partial charge in [-0.05, 0) is 18.2 Å². The Hall–Kier alpha value is -2.54. The van der Waals surface area contributed by atoms with Crippen LogP contribution in [0.1, 0.15) is 10.4 Å². The minimum atomic E-state index is -0.635. The second kappa shape index (κ2) is 6.27. The normalized spacial score (nSPS) is 10.4.